The lowest BCUT2D eigenvalue weighted by Gasteiger charge is -2.44. The van der Waals surface area contributed by atoms with E-state index >= 15 is 0 Å². The summed E-state index contributed by atoms with van der Waals surface area (Å²) in [5.74, 6) is -5.64. The Balaban J connectivity index is 3.07. The second-order valence-corrected chi connectivity index (χ2v) is 4.94. The summed E-state index contributed by atoms with van der Waals surface area (Å²) in [4.78, 5) is 22.2. The van der Waals surface area contributed by atoms with E-state index < -0.39 is 67.8 Å². The maximum Gasteiger partial charge on any atom is 0.364 e. The van der Waals surface area contributed by atoms with Crippen molar-refractivity contribution in [2.24, 2.45) is 0 Å². The smallest absolute Gasteiger partial charge is 0.364 e. The molecular weight excluding hydrogens is 306 g/mol. The highest BCUT2D eigenvalue weighted by atomic mass is 16.7. The number of ether oxygens (including phenoxy) is 1. The van der Waals surface area contributed by atoms with Crippen LogP contribution in [-0.2, 0) is 14.3 Å². The first-order valence-electron chi connectivity index (χ1n) is 6.35. The minimum absolute atomic E-state index is 0.822. The number of aliphatic hydroxyl groups is 6. The third kappa shape index (κ3) is 3.89. The molecule has 0 aromatic rings. The van der Waals surface area contributed by atoms with Gasteiger partial charge in [0.25, 0.3) is 5.79 Å². The maximum absolute atomic E-state index is 11.2. The van der Waals surface area contributed by atoms with Gasteiger partial charge in [-0.25, -0.2) is 4.79 Å². The number of aliphatic carboxylic acids is 1. The summed E-state index contributed by atoms with van der Waals surface area (Å²) < 4.78 is 4.83. The molecule has 0 spiro atoms. The normalized spacial score (nSPS) is 34.7. The van der Waals surface area contributed by atoms with Crippen molar-refractivity contribution in [1.82, 2.24) is 5.32 Å². The molecule has 1 fully saturated rings. The first-order chi connectivity index (χ1) is 10.2. The van der Waals surface area contributed by atoms with Gasteiger partial charge < -0.3 is 45.8 Å². The molecule has 1 unspecified atom stereocenters. The molecule has 1 aliphatic heterocycles. The Bertz CT molecular complexity index is 418. The third-order valence-electron chi connectivity index (χ3n) is 3.31. The number of aliphatic hydroxyl groups excluding tert-OH is 5. The fourth-order valence-corrected chi connectivity index (χ4v) is 2.13. The number of hydrogen-bond donors (Lipinski definition) is 8. The van der Waals surface area contributed by atoms with E-state index in [1.807, 2.05) is 0 Å². The summed E-state index contributed by atoms with van der Waals surface area (Å²) >= 11 is 0. The van der Waals surface area contributed by atoms with Crippen molar-refractivity contribution in [3.8, 4) is 0 Å². The van der Waals surface area contributed by atoms with Crippen LogP contribution in [-0.4, -0.2) is 97.1 Å². The zero-order chi connectivity index (χ0) is 17.1. The minimum atomic E-state index is -2.85. The number of nitrogens with one attached hydrogen (secondary N) is 1. The summed E-state index contributed by atoms with van der Waals surface area (Å²) in [5, 5.41) is 67.5. The Morgan fingerprint density at radius 2 is 1.91 bits per heavy atom. The maximum atomic E-state index is 11.2. The standard InChI is InChI=1S/C11H19NO10/c13-2-5(16)8(18)9-7(12-6(17)3-14)4(15)1-11(21,22-9)10(19)20/h4-5,7-9,13-16,18,21H,1-3H2,(H,12,17)(H,19,20)/t4-,5-,7-,8-,9?,11-/m1/s1. The van der Waals surface area contributed by atoms with Crippen LogP contribution >= 0.6 is 0 Å². The number of carbonyl (C=O) groups is 2. The summed E-state index contributed by atoms with van der Waals surface area (Å²) in [6, 6.07) is -1.42. The minimum Gasteiger partial charge on any atom is -0.477 e. The molecule has 6 atom stereocenters. The fraction of sp³-hybridized carbons (Fsp3) is 0.818. The highest BCUT2D eigenvalue weighted by Crippen LogP contribution is 2.30. The van der Waals surface area contributed by atoms with Gasteiger partial charge >= 0.3 is 5.97 Å². The Hall–Kier alpha value is -1.34. The lowest BCUT2D eigenvalue weighted by Crippen LogP contribution is -2.67. The Kier molecular flexibility index (Phi) is 6.19. The van der Waals surface area contributed by atoms with Crippen molar-refractivity contribution < 1.29 is 50.1 Å². The topological polar surface area (TPSA) is 197 Å². The van der Waals surface area contributed by atoms with Crippen LogP contribution in [0.15, 0.2) is 0 Å². The van der Waals surface area contributed by atoms with Crippen LogP contribution in [0.4, 0.5) is 0 Å². The van der Waals surface area contributed by atoms with Gasteiger partial charge in [-0.1, -0.05) is 0 Å². The summed E-state index contributed by atoms with van der Waals surface area (Å²) in [7, 11) is 0. The SMILES string of the molecule is O=C(CO)N[C@H]1C([C@H](O)[C@H](O)CO)O[C@@](O)(C(=O)O)C[C@H]1O. The van der Waals surface area contributed by atoms with Gasteiger partial charge in [0.1, 0.15) is 24.9 Å². The summed E-state index contributed by atoms with van der Waals surface area (Å²) in [6.07, 6.45) is -7.92. The summed E-state index contributed by atoms with van der Waals surface area (Å²) in [5.41, 5.74) is 0. The van der Waals surface area contributed by atoms with Gasteiger partial charge in [0.15, 0.2) is 0 Å². The molecule has 8 N–H and O–H groups in total. The first kappa shape index (κ1) is 18.7. The van der Waals surface area contributed by atoms with Crippen molar-refractivity contribution in [3.05, 3.63) is 0 Å². The van der Waals surface area contributed by atoms with Crippen molar-refractivity contribution in [2.45, 2.75) is 42.7 Å². The Morgan fingerprint density at radius 1 is 1.32 bits per heavy atom. The first-order valence-corrected chi connectivity index (χ1v) is 6.35. The molecule has 1 heterocycles. The van der Waals surface area contributed by atoms with E-state index in [9.17, 15) is 30.0 Å². The van der Waals surface area contributed by atoms with E-state index in [0.29, 0.717) is 0 Å². The molecule has 22 heavy (non-hydrogen) atoms. The van der Waals surface area contributed by atoms with Gasteiger partial charge in [-0.3, -0.25) is 4.79 Å². The second-order valence-electron chi connectivity index (χ2n) is 4.94. The molecule has 1 saturated heterocycles. The van der Waals surface area contributed by atoms with Gasteiger partial charge in [-0.15, -0.1) is 0 Å². The molecule has 0 aromatic carbocycles. The summed E-state index contributed by atoms with van der Waals surface area (Å²) in [6.45, 7) is -1.86. The molecule has 0 saturated carbocycles. The van der Waals surface area contributed by atoms with E-state index in [1.165, 1.54) is 0 Å². The van der Waals surface area contributed by atoms with E-state index in [2.05, 4.69) is 5.32 Å². The van der Waals surface area contributed by atoms with Crippen LogP contribution in [0.2, 0.25) is 0 Å². The van der Waals surface area contributed by atoms with Crippen LogP contribution in [0, 0.1) is 0 Å². The van der Waals surface area contributed by atoms with Crippen LogP contribution in [0.1, 0.15) is 6.42 Å². The lowest BCUT2D eigenvalue weighted by atomic mass is 9.88. The molecule has 1 aliphatic rings. The van der Waals surface area contributed by atoms with Gasteiger partial charge in [-0.05, 0) is 0 Å². The van der Waals surface area contributed by atoms with Crippen LogP contribution in [0.25, 0.3) is 0 Å². The lowest BCUT2D eigenvalue weighted by molar-refractivity contribution is -0.295. The van der Waals surface area contributed by atoms with Crippen LogP contribution in [0.3, 0.4) is 0 Å². The van der Waals surface area contributed by atoms with Gasteiger partial charge in [0.05, 0.1) is 18.8 Å². The number of carbonyl (C=O) groups excluding carboxylic acids is 1. The number of hydrogen-bond acceptors (Lipinski definition) is 9. The van der Waals surface area contributed by atoms with Gasteiger partial charge in [0.2, 0.25) is 5.91 Å². The van der Waals surface area contributed by atoms with Gasteiger partial charge in [-0.2, -0.15) is 0 Å². The van der Waals surface area contributed by atoms with Crippen LogP contribution < -0.4 is 5.32 Å². The fourth-order valence-electron chi connectivity index (χ4n) is 2.13. The highest BCUT2D eigenvalue weighted by molar-refractivity contribution is 5.78. The molecule has 0 aliphatic carbocycles. The molecule has 1 amide bonds. The average Bonchev–Trinajstić information content (AvgIpc) is 2.47. The predicted molar refractivity (Wildman–Crippen MR) is 66.2 cm³/mol. The van der Waals surface area contributed by atoms with Crippen molar-refractivity contribution >= 4 is 11.9 Å². The Labute approximate surface area is 124 Å². The third-order valence-corrected chi connectivity index (χ3v) is 3.31. The van der Waals surface area contributed by atoms with E-state index in [0.717, 1.165) is 0 Å². The predicted octanol–water partition coefficient (Wildman–Crippen LogP) is -4.90. The van der Waals surface area contributed by atoms with E-state index in [1.54, 1.807) is 0 Å². The van der Waals surface area contributed by atoms with Crippen molar-refractivity contribution in [3.63, 3.8) is 0 Å². The second kappa shape index (κ2) is 7.28. The number of amides is 1. The quantitative estimate of drug-likeness (QED) is 0.234. The molecule has 0 radical (unpaired) electrons. The average molecular weight is 325 g/mol. The molecule has 11 heteroatoms. The molecule has 0 aromatic heterocycles. The highest BCUT2D eigenvalue weighted by Gasteiger charge is 2.53. The monoisotopic (exact) mass is 325 g/mol. The Morgan fingerprint density at radius 3 is 2.36 bits per heavy atom. The van der Waals surface area contributed by atoms with E-state index in [-0.39, 0.29) is 0 Å². The van der Waals surface area contributed by atoms with Crippen molar-refractivity contribution in [1.29, 1.82) is 0 Å². The zero-order valence-corrected chi connectivity index (χ0v) is 11.4. The molecule has 11 nitrogen and oxygen atoms in total. The number of carboxylic acid groups (broad SMARTS) is 1. The molecule has 1 rings (SSSR count). The van der Waals surface area contributed by atoms with E-state index in [4.69, 9.17) is 20.1 Å². The molecule has 128 valence electrons. The van der Waals surface area contributed by atoms with Crippen molar-refractivity contribution in [2.75, 3.05) is 13.2 Å². The zero-order valence-electron chi connectivity index (χ0n) is 11.4. The van der Waals surface area contributed by atoms with Crippen LogP contribution in [0.5, 0.6) is 0 Å². The molecular formula is C11H19NO10. The molecule has 0 bridgehead atoms. The number of carboxylic acids is 1. The number of rotatable bonds is 6. The van der Waals surface area contributed by atoms with Gasteiger partial charge in [0, 0.05) is 6.42 Å². The largest absolute Gasteiger partial charge is 0.477 e.